The van der Waals surface area contributed by atoms with Gasteiger partial charge >= 0.3 is 0 Å². The van der Waals surface area contributed by atoms with E-state index < -0.39 is 0 Å². The average molecular weight is 363 g/mol. The Morgan fingerprint density at radius 3 is 2.00 bits per heavy atom. The number of nitriles is 1. The summed E-state index contributed by atoms with van der Waals surface area (Å²) in [6.45, 7) is 12.3. The highest BCUT2D eigenvalue weighted by atomic mass is 14.9. The van der Waals surface area contributed by atoms with Gasteiger partial charge in [0.1, 0.15) is 0 Å². The molecular weight excluding hydrogens is 328 g/mol. The molecule has 0 unspecified atom stereocenters. The first kappa shape index (κ1) is 22.5. The maximum Gasteiger partial charge on any atom is 0.0627 e. The highest BCUT2D eigenvalue weighted by Crippen LogP contribution is 2.39. The second kappa shape index (κ2) is 12.0. The molecule has 0 aliphatic heterocycles. The van der Waals surface area contributed by atoms with Gasteiger partial charge in [-0.3, -0.25) is 0 Å². The summed E-state index contributed by atoms with van der Waals surface area (Å²) in [6.07, 6.45) is 5.27. The van der Waals surface area contributed by atoms with Gasteiger partial charge < -0.3 is 5.32 Å². The van der Waals surface area contributed by atoms with Crippen LogP contribution in [0.1, 0.15) is 52.9 Å². The topological polar surface area (TPSA) is 35.8 Å². The summed E-state index contributed by atoms with van der Waals surface area (Å²) in [5.41, 5.74) is 3.92. The van der Waals surface area contributed by atoms with E-state index >= 15 is 0 Å². The van der Waals surface area contributed by atoms with Crippen LogP contribution in [0.5, 0.6) is 0 Å². The van der Waals surface area contributed by atoms with Crippen molar-refractivity contribution in [3.05, 3.63) is 67.8 Å². The highest BCUT2D eigenvalue weighted by Gasteiger charge is 2.30. The fraction of sp³-hybridized carbons (Fsp3) is 0.400. The minimum absolute atomic E-state index is 0.226. The molecule has 0 bridgehead atoms. The van der Waals surface area contributed by atoms with E-state index in [9.17, 15) is 0 Å². The molecule has 3 rings (SSSR count). The lowest BCUT2D eigenvalue weighted by atomic mass is 9.72. The van der Waals surface area contributed by atoms with Crippen LogP contribution in [0.4, 0.5) is 5.69 Å². The van der Waals surface area contributed by atoms with Crippen LogP contribution in [-0.4, -0.2) is 6.04 Å². The molecule has 27 heavy (non-hydrogen) atoms. The summed E-state index contributed by atoms with van der Waals surface area (Å²) in [5.74, 6) is 0. The third-order valence-corrected chi connectivity index (χ3v) is 5.06. The van der Waals surface area contributed by atoms with Crippen LogP contribution in [-0.2, 0) is 0 Å². The van der Waals surface area contributed by atoms with Crippen molar-refractivity contribution in [3.8, 4) is 17.2 Å². The summed E-state index contributed by atoms with van der Waals surface area (Å²) in [4.78, 5) is 0. The maximum atomic E-state index is 8.94. The Balaban J connectivity index is 0.000000855. The van der Waals surface area contributed by atoms with Gasteiger partial charge in [0.25, 0.3) is 0 Å². The largest absolute Gasteiger partial charge is 0.382 e. The van der Waals surface area contributed by atoms with E-state index in [0.717, 1.165) is 25.7 Å². The quantitative estimate of drug-likeness (QED) is 0.573. The first-order valence-electron chi connectivity index (χ1n) is 9.98. The van der Waals surface area contributed by atoms with Gasteiger partial charge in [0, 0.05) is 18.2 Å². The molecule has 0 heterocycles. The minimum atomic E-state index is 0.226. The Morgan fingerprint density at radius 1 is 0.963 bits per heavy atom. The fourth-order valence-electron chi connectivity index (χ4n) is 3.45. The van der Waals surface area contributed by atoms with Crippen LogP contribution < -0.4 is 5.32 Å². The van der Waals surface area contributed by atoms with Gasteiger partial charge in [-0.15, -0.1) is 13.2 Å². The molecular formula is C25H34N2. The summed E-state index contributed by atoms with van der Waals surface area (Å²) >= 11 is 0. The zero-order chi connectivity index (χ0) is 20.1. The first-order chi connectivity index (χ1) is 13.2. The van der Waals surface area contributed by atoms with Crippen molar-refractivity contribution in [1.29, 1.82) is 5.26 Å². The minimum Gasteiger partial charge on any atom is -0.382 e. The normalized spacial score (nSPS) is 20.7. The van der Waals surface area contributed by atoms with Crippen LogP contribution in [0, 0.1) is 16.7 Å². The molecule has 2 heteroatoms. The summed E-state index contributed by atoms with van der Waals surface area (Å²) in [5, 5.41) is 12.6. The van der Waals surface area contributed by atoms with Crippen molar-refractivity contribution < 1.29 is 0 Å². The van der Waals surface area contributed by atoms with Gasteiger partial charge in [0.15, 0.2) is 0 Å². The van der Waals surface area contributed by atoms with Gasteiger partial charge in [-0.25, -0.2) is 0 Å². The second-order valence-corrected chi connectivity index (χ2v) is 7.01. The third-order valence-electron chi connectivity index (χ3n) is 5.06. The van der Waals surface area contributed by atoms with E-state index in [0.29, 0.717) is 12.5 Å². The lowest BCUT2D eigenvalue weighted by Crippen LogP contribution is -2.31. The number of rotatable bonds is 4. The zero-order valence-electron chi connectivity index (χ0n) is 17.2. The lowest BCUT2D eigenvalue weighted by Gasteiger charge is -2.36. The predicted octanol–water partition coefficient (Wildman–Crippen LogP) is 7.46. The van der Waals surface area contributed by atoms with Crippen LogP contribution in [0.25, 0.3) is 11.1 Å². The third kappa shape index (κ3) is 6.94. The fourth-order valence-corrected chi connectivity index (χ4v) is 3.45. The number of nitrogens with zero attached hydrogens (tertiary/aromatic N) is 1. The monoisotopic (exact) mass is 362 g/mol. The van der Waals surface area contributed by atoms with Gasteiger partial charge in [0.2, 0.25) is 0 Å². The number of benzene rings is 2. The summed E-state index contributed by atoms with van der Waals surface area (Å²) in [6, 6.07) is 22.0. The molecule has 0 spiro atoms. The van der Waals surface area contributed by atoms with Crippen molar-refractivity contribution in [2.75, 3.05) is 5.32 Å². The molecule has 0 aromatic heterocycles. The molecule has 2 nitrogen and oxygen atoms in total. The molecule has 1 aliphatic rings. The van der Waals surface area contributed by atoms with E-state index in [1.807, 2.05) is 19.9 Å². The Bertz CT molecular complexity index is 675. The smallest absolute Gasteiger partial charge is 0.0627 e. The van der Waals surface area contributed by atoms with Crippen LogP contribution in [0.15, 0.2) is 67.8 Å². The molecule has 0 saturated heterocycles. The Hall–Kier alpha value is -2.53. The second-order valence-electron chi connectivity index (χ2n) is 7.01. The average Bonchev–Trinajstić information content (AvgIpc) is 2.74. The predicted molar refractivity (Wildman–Crippen MR) is 119 cm³/mol. The van der Waals surface area contributed by atoms with E-state index in [2.05, 4.69) is 80.0 Å². The molecule has 1 fully saturated rings. The van der Waals surface area contributed by atoms with Gasteiger partial charge in [0.05, 0.1) is 6.07 Å². The van der Waals surface area contributed by atoms with E-state index in [1.54, 1.807) is 0 Å². The Labute approximate surface area is 165 Å². The number of hydrogen-bond donors (Lipinski definition) is 1. The molecule has 2 aromatic rings. The van der Waals surface area contributed by atoms with Gasteiger partial charge in [-0.2, -0.15) is 5.26 Å². The zero-order valence-corrected chi connectivity index (χ0v) is 17.2. The lowest BCUT2D eigenvalue weighted by molar-refractivity contribution is 0.211. The van der Waals surface area contributed by atoms with Crippen LogP contribution >= 0.6 is 0 Å². The maximum absolute atomic E-state index is 8.94. The van der Waals surface area contributed by atoms with Gasteiger partial charge in [-0.05, 0) is 54.4 Å². The molecule has 0 radical (unpaired) electrons. The molecule has 1 saturated carbocycles. The highest BCUT2D eigenvalue weighted by molar-refractivity contribution is 5.65. The van der Waals surface area contributed by atoms with Crippen molar-refractivity contribution in [2.24, 2.45) is 5.41 Å². The molecule has 0 amide bonds. The van der Waals surface area contributed by atoms with Gasteiger partial charge in [-0.1, -0.05) is 63.2 Å². The van der Waals surface area contributed by atoms with Crippen molar-refractivity contribution in [2.45, 2.75) is 58.9 Å². The van der Waals surface area contributed by atoms with Crippen molar-refractivity contribution in [3.63, 3.8) is 0 Å². The molecule has 1 aliphatic carbocycles. The molecule has 2 aromatic carbocycles. The SMILES string of the molecule is C=C.CC.CC1(CC#N)CCC(Nc2ccc(-c3ccccc3)cc2)CC1. The Kier molecular flexibility index (Phi) is 9.98. The number of anilines is 1. The molecule has 144 valence electrons. The number of nitrogens with one attached hydrogen (secondary N) is 1. The number of hydrogen-bond acceptors (Lipinski definition) is 2. The standard InChI is InChI=1S/C21H24N2.C2H6.C2H4/c1-21(15-16-22)13-11-20(12-14-21)23-19-9-7-18(8-10-19)17-5-3-2-4-6-17;2*1-2/h2-10,20,23H,11-15H2,1H3;1-2H3;1-2H2. The Morgan fingerprint density at radius 2 is 1.48 bits per heavy atom. The van der Waals surface area contributed by atoms with Crippen molar-refractivity contribution in [1.82, 2.24) is 0 Å². The van der Waals surface area contributed by atoms with E-state index in [4.69, 9.17) is 5.26 Å². The molecule has 0 atom stereocenters. The van der Waals surface area contributed by atoms with E-state index in [-0.39, 0.29) is 5.41 Å². The summed E-state index contributed by atoms with van der Waals surface area (Å²) < 4.78 is 0. The van der Waals surface area contributed by atoms with Crippen LogP contribution in [0.3, 0.4) is 0 Å². The summed E-state index contributed by atoms with van der Waals surface area (Å²) in [7, 11) is 0. The first-order valence-corrected chi connectivity index (χ1v) is 9.98. The van der Waals surface area contributed by atoms with E-state index in [1.165, 1.54) is 16.8 Å². The molecule has 1 N–H and O–H groups in total. The van der Waals surface area contributed by atoms with Crippen molar-refractivity contribution >= 4 is 5.69 Å². The van der Waals surface area contributed by atoms with Crippen LogP contribution in [0.2, 0.25) is 0 Å².